The minimum atomic E-state index is -0.457. The quantitative estimate of drug-likeness (QED) is 0.660. The van der Waals surface area contributed by atoms with E-state index >= 15 is 0 Å². The van der Waals surface area contributed by atoms with Crippen LogP contribution in [0.15, 0.2) is 71.1 Å². The SMILES string of the molecule is COc1cc(C2C(C(=O)N3CCOCC3)=C(C)NC3=C2C(=O)CCC3)ccc1OCc1ccccc1. The highest BCUT2D eigenvalue weighted by Crippen LogP contribution is 2.44. The lowest BCUT2D eigenvalue weighted by molar-refractivity contribution is -0.131. The smallest absolute Gasteiger partial charge is 0.252 e. The van der Waals surface area contributed by atoms with Crippen molar-refractivity contribution >= 4 is 11.7 Å². The lowest BCUT2D eigenvalue weighted by atomic mass is 9.74. The number of carbonyl (C=O) groups is 2. The van der Waals surface area contributed by atoms with E-state index in [0.29, 0.717) is 62.0 Å². The number of carbonyl (C=O) groups excluding carboxylic acids is 2. The number of hydrogen-bond donors (Lipinski definition) is 1. The Bertz CT molecular complexity index is 1210. The van der Waals surface area contributed by atoms with Gasteiger partial charge in [0.15, 0.2) is 17.3 Å². The lowest BCUT2D eigenvalue weighted by Crippen LogP contribution is -2.44. The molecule has 3 aliphatic rings. The van der Waals surface area contributed by atoms with E-state index in [0.717, 1.165) is 35.4 Å². The zero-order chi connectivity index (χ0) is 25.1. The molecule has 0 aromatic heterocycles. The van der Waals surface area contributed by atoms with Crippen LogP contribution >= 0.6 is 0 Å². The summed E-state index contributed by atoms with van der Waals surface area (Å²) < 4.78 is 17.2. The molecule has 36 heavy (non-hydrogen) atoms. The number of dihydropyridines is 1. The molecule has 2 heterocycles. The molecular weight excluding hydrogens is 456 g/mol. The number of amides is 1. The van der Waals surface area contributed by atoms with E-state index in [1.165, 1.54) is 0 Å². The van der Waals surface area contributed by atoms with Gasteiger partial charge < -0.3 is 24.4 Å². The molecule has 0 bridgehead atoms. The van der Waals surface area contributed by atoms with Crippen LogP contribution in [0, 0.1) is 0 Å². The zero-order valence-corrected chi connectivity index (χ0v) is 20.8. The first-order chi connectivity index (χ1) is 17.6. The van der Waals surface area contributed by atoms with Gasteiger partial charge in [-0.2, -0.15) is 0 Å². The van der Waals surface area contributed by atoms with Gasteiger partial charge in [0.2, 0.25) is 0 Å². The highest BCUT2D eigenvalue weighted by molar-refractivity contribution is 6.05. The molecule has 1 aliphatic carbocycles. The van der Waals surface area contributed by atoms with Gasteiger partial charge in [0.05, 0.1) is 20.3 Å². The van der Waals surface area contributed by atoms with Gasteiger partial charge in [0.25, 0.3) is 5.91 Å². The van der Waals surface area contributed by atoms with E-state index in [2.05, 4.69) is 5.32 Å². The number of Topliss-reactive ketones (excluding diaryl/α,β-unsaturated/α-hetero) is 1. The Labute approximate surface area is 211 Å². The first-order valence-electron chi connectivity index (χ1n) is 12.5. The maximum atomic E-state index is 13.8. The summed E-state index contributed by atoms with van der Waals surface area (Å²) in [6.45, 7) is 4.46. The number of benzene rings is 2. The number of rotatable bonds is 6. The van der Waals surface area contributed by atoms with E-state index in [-0.39, 0.29) is 11.7 Å². The summed E-state index contributed by atoms with van der Waals surface area (Å²) in [4.78, 5) is 28.8. The topological polar surface area (TPSA) is 77.1 Å². The number of ketones is 1. The molecule has 1 unspecified atom stereocenters. The van der Waals surface area contributed by atoms with Crippen LogP contribution < -0.4 is 14.8 Å². The third-order valence-corrected chi connectivity index (χ3v) is 7.06. The van der Waals surface area contributed by atoms with Crippen molar-refractivity contribution in [2.45, 2.75) is 38.7 Å². The fraction of sp³-hybridized carbons (Fsp3) is 0.379. The fourth-order valence-corrected chi connectivity index (χ4v) is 5.26. The Balaban J connectivity index is 1.52. The zero-order valence-electron chi connectivity index (χ0n) is 20.8. The molecule has 188 valence electrons. The van der Waals surface area contributed by atoms with Crippen molar-refractivity contribution in [2.75, 3.05) is 33.4 Å². The van der Waals surface area contributed by atoms with Crippen molar-refractivity contribution in [1.82, 2.24) is 10.2 Å². The second kappa shape index (κ2) is 10.6. The summed E-state index contributed by atoms with van der Waals surface area (Å²) in [7, 11) is 1.61. The van der Waals surface area contributed by atoms with Crippen molar-refractivity contribution in [3.8, 4) is 11.5 Å². The van der Waals surface area contributed by atoms with Gasteiger partial charge in [-0.25, -0.2) is 0 Å². The predicted octanol–water partition coefficient (Wildman–Crippen LogP) is 4.10. The number of hydrogen-bond acceptors (Lipinski definition) is 6. The molecule has 2 aliphatic heterocycles. The van der Waals surface area contributed by atoms with Crippen LogP contribution in [0.2, 0.25) is 0 Å². The standard InChI is InChI=1S/C29H32N2O5/c1-19-26(29(33)31-13-15-35-16-14-31)27(28-22(30-19)9-6-10-23(28)32)21-11-12-24(25(17-21)34-2)36-18-20-7-4-3-5-8-20/h3-5,7-8,11-12,17,27,30H,6,9-10,13-16,18H2,1-2H3. The van der Waals surface area contributed by atoms with Gasteiger partial charge in [-0.15, -0.1) is 0 Å². The second-order valence-electron chi connectivity index (χ2n) is 9.35. The van der Waals surface area contributed by atoms with Gasteiger partial charge >= 0.3 is 0 Å². The molecule has 2 aromatic carbocycles. The molecule has 7 heteroatoms. The van der Waals surface area contributed by atoms with Crippen LogP contribution in [0.4, 0.5) is 0 Å². The van der Waals surface area contributed by atoms with Crippen LogP contribution in [0.3, 0.4) is 0 Å². The fourth-order valence-electron chi connectivity index (χ4n) is 5.26. The van der Waals surface area contributed by atoms with E-state index in [1.807, 2.05) is 60.4 Å². The van der Waals surface area contributed by atoms with Gasteiger partial charge in [0.1, 0.15) is 6.61 Å². The molecule has 1 fully saturated rings. The third-order valence-electron chi connectivity index (χ3n) is 7.06. The summed E-state index contributed by atoms with van der Waals surface area (Å²) in [5.74, 6) is 0.771. The molecule has 1 atom stereocenters. The molecule has 0 saturated carbocycles. The number of nitrogens with zero attached hydrogens (tertiary/aromatic N) is 1. The van der Waals surface area contributed by atoms with Gasteiger partial charge in [0, 0.05) is 48.0 Å². The highest BCUT2D eigenvalue weighted by Gasteiger charge is 2.40. The molecule has 1 N–H and O–H groups in total. The van der Waals surface area contributed by atoms with E-state index in [4.69, 9.17) is 14.2 Å². The van der Waals surface area contributed by atoms with E-state index in [1.54, 1.807) is 7.11 Å². The largest absolute Gasteiger partial charge is 0.493 e. The minimum absolute atomic E-state index is 0.0541. The van der Waals surface area contributed by atoms with Crippen molar-refractivity contribution in [2.24, 2.45) is 0 Å². The van der Waals surface area contributed by atoms with Crippen molar-refractivity contribution < 1.29 is 23.8 Å². The lowest BCUT2D eigenvalue weighted by Gasteiger charge is -2.37. The summed E-state index contributed by atoms with van der Waals surface area (Å²) in [5.41, 5.74) is 4.94. The number of ether oxygens (including phenoxy) is 3. The number of morpholine rings is 1. The van der Waals surface area contributed by atoms with Gasteiger partial charge in [-0.3, -0.25) is 9.59 Å². The maximum Gasteiger partial charge on any atom is 0.252 e. The van der Waals surface area contributed by atoms with E-state index < -0.39 is 5.92 Å². The van der Waals surface area contributed by atoms with E-state index in [9.17, 15) is 9.59 Å². The Morgan fingerprint density at radius 3 is 2.61 bits per heavy atom. The first kappa shape index (κ1) is 24.1. The van der Waals surface area contributed by atoms with Gasteiger partial charge in [-0.05, 0) is 43.0 Å². The summed E-state index contributed by atoms with van der Waals surface area (Å²) >= 11 is 0. The monoisotopic (exact) mass is 488 g/mol. The van der Waals surface area contributed by atoms with Crippen molar-refractivity contribution in [1.29, 1.82) is 0 Å². The summed E-state index contributed by atoms with van der Waals surface area (Å²) in [5, 5.41) is 3.40. The van der Waals surface area contributed by atoms with Crippen LogP contribution in [0.1, 0.15) is 43.2 Å². The molecule has 0 spiro atoms. The molecule has 2 aromatic rings. The number of nitrogens with one attached hydrogen (secondary N) is 1. The molecule has 1 saturated heterocycles. The van der Waals surface area contributed by atoms with Crippen molar-refractivity contribution in [3.63, 3.8) is 0 Å². The molecular formula is C29H32N2O5. The summed E-state index contributed by atoms with van der Waals surface area (Å²) in [6.07, 6.45) is 2.10. The Morgan fingerprint density at radius 2 is 1.86 bits per heavy atom. The third kappa shape index (κ3) is 4.75. The molecule has 5 rings (SSSR count). The minimum Gasteiger partial charge on any atom is -0.493 e. The van der Waals surface area contributed by atoms with Crippen molar-refractivity contribution in [3.05, 3.63) is 82.2 Å². The summed E-state index contributed by atoms with van der Waals surface area (Å²) in [6, 6.07) is 15.7. The second-order valence-corrected chi connectivity index (χ2v) is 9.35. The Hall–Kier alpha value is -3.58. The van der Waals surface area contributed by atoms with Crippen LogP contribution in [-0.2, 0) is 20.9 Å². The molecule has 0 radical (unpaired) electrons. The average Bonchev–Trinajstić information content (AvgIpc) is 2.92. The number of allylic oxidation sites excluding steroid dienone is 3. The van der Waals surface area contributed by atoms with Crippen LogP contribution in [-0.4, -0.2) is 50.0 Å². The molecule has 7 nitrogen and oxygen atoms in total. The maximum absolute atomic E-state index is 13.8. The normalized spacial score (nSPS) is 20.1. The van der Waals surface area contributed by atoms with Gasteiger partial charge in [-0.1, -0.05) is 36.4 Å². The van der Waals surface area contributed by atoms with Crippen LogP contribution in [0.5, 0.6) is 11.5 Å². The Kier molecular flexibility index (Phi) is 7.09. The molecule has 1 amide bonds. The Morgan fingerprint density at radius 1 is 1.08 bits per heavy atom. The average molecular weight is 489 g/mol. The first-order valence-corrected chi connectivity index (χ1v) is 12.5. The highest BCUT2D eigenvalue weighted by atomic mass is 16.5. The number of methoxy groups -OCH3 is 1. The predicted molar refractivity (Wildman–Crippen MR) is 136 cm³/mol. The van der Waals surface area contributed by atoms with Crippen LogP contribution in [0.25, 0.3) is 0 Å².